The van der Waals surface area contributed by atoms with Crippen LogP contribution in [-0.4, -0.2) is 13.1 Å². The Kier molecular flexibility index (Phi) is 5.49. The normalized spacial score (nSPS) is 23.0. The van der Waals surface area contributed by atoms with E-state index in [1.54, 1.807) is 14.7 Å². The van der Waals surface area contributed by atoms with Gasteiger partial charge in [-0.1, -0.05) is 60.7 Å². The highest BCUT2D eigenvalue weighted by Gasteiger charge is 2.39. The second kappa shape index (κ2) is 8.17. The molecule has 0 spiro atoms. The van der Waals surface area contributed by atoms with Crippen LogP contribution in [0.2, 0.25) is 0 Å². The Labute approximate surface area is 160 Å². The number of hydrogen-bond acceptors (Lipinski definition) is 1. The van der Waals surface area contributed by atoms with Crippen molar-refractivity contribution in [3.8, 4) is 0 Å². The molecule has 2 unspecified atom stereocenters. The number of benzene rings is 2. The number of hydrogen-bond donors (Lipinski definition) is 2. The lowest BCUT2D eigenvalue weighted by atomic mass is 10.1. The highest BCUT2D eigenvalue weighted by Crippen LogP contribution is 2.20. The van der Waals surface area contributed by atoms with Crippen LogP contribution in [0.5, 0.6) is 0 Å². The molecule has 26 heavy (non-hydrogen) atoms. The van der Waals surface area contributed by atoms with Crippen LogP contribution >= 0.6 is 11.3 Å². The fourth-order valence-electron chi connectivity index (χ4n) is 4.27. The third kappa shape index (κ3) is 3.90. The lowest BCUT2D eigenvalue weighted by Crippen LogP contribution is -3.32. The lowest BCUT2D eigenvalue weighted by Gasteiger charge is -2.38. The molecule has 134 valence electrons. The maximum Gasteiger partial charge on any atom is 0.250 e. The van der Waals surface area contributed by atoms with Crippen molar-refractivity contribution in [2.45, 2.75) is 32.6 Å². The Hall–Kier alpha value is -1.94. The fourth-order valence-corrected chi connectivity index (χ4v) is 5.41. The first-order valence-corrected chi connectivity index (χ1v) is 10.5. The van der Waals surface area contributed by atoms with Crippen molar-refractivity contribution in [3.05, 3.63) is 93.7 Å². The molecule has 1 aromatic heterocycles. The number of thiophene rings is 1. The van der Waals surface area contributed by atoms with Gasteiger partial charge >= 0.3 is 0 Å². The Morgan fingerprint density at radius 1 is 0.808 bits per heavy atom. The Morgan fingerprint density at radius 3 is 1.81 bits per heavy atom. The second-order valence-corrected chi connectivity index (χ2v) is 8.34. The molecular formula is C23H28N2S+2. The summed E-state index contributed by atoms with van der Waals surface area (Å²) in [7, 11) is 0. The number of nitrogens with one attached hydrogen (secondary N) is 2. The van der Waals surface area contributed by atoms with Crippen LogP contribution in [0.1, 0.15) is 34.2 Å². The summed E-state index contributed by atoms with van der Waals surface area (Å²) in [5.74, 6) is 0. The van der Waals surface area contributed by atoms with E-state index in [-0.39, 0.29) is 0 Å². The molecule has 1 saturated heterocycles. The molecule has 0 saturated carbocycles. The van der Waals surface area contributed by atoms with Crippen molar-refractivity contribution in [3.63, 3.8) is 0 Å². The van der Waals surface area contributed by atoms with E-state index in [1.165, 1.54) is 36.2 Å². The molecule has 0 bridgehead atoms. The van der Waals surface area contributed by atoms with Crippen molar-refractivity contribution >= 4 is 11.3 Å². The minimum absolute atomic E-state index is 0.532. The van der Waals surface area contributed by atoms with Gasteiger partial charge in [-0.3, -0.25) is 9.80 Å². The molecule has 2 aromatic carbocycles. The molecule has 2 nitrogen and oxygen atoms in total. The summed E-state index contributed by atoms with van der Waals surface area (Å²) >= 11 is 1.94. The summed E-state index contributed by atoms with van der Waals surface area (Å²) in [5, 5.41) is 2.26. The third-order valence-electron chi connectivity index (χ3n) is 5.52. The van der Waals surface area contributed by atoms with Crippen LogP contribution in [0.4, 0.5) is 0 Å². The molecule has 1 aliphatic rings. The quantitative estimate of drug-likeness (QED) is 0.689. The molecule has 4 rings (SSSR count). The van der Waals surface area contributed by atoms with Crippen molar-refractivity contribution in [1.29, 1.82) is 0 Å². The number of quaternary nitrogens is 2. The van der Waals surface area contributed by atoms with Crippen molar-refractivity contribution < 1.29 is 9.80 Å². The van der Waals surface area contributed by atoms with Crippen LogP contribution in [0.15, 0.2) is 72.1 Å². The summed E-state index contributed by atoms with van der Waals surface area (Å²) in [6.07, 6.45) is 1.83. The minimum atomic E-state index is 0.532. The average molecular weight is 365 g/mol. The molecular weight excluding hydrogens is 336 g/mol. The largest absolute Gasteiger partial charge is 0.277 e. The van der Waals surface area contributed by atoms with E-state index in [9.17, 15) is 0 Å². The zero-order valence-corrected chi connectivity index (χ0v) is 16.3. The van der Waals surface area contributed by atoms with Gasteiger partial charge in [-0.2, -0.15) is 0 Å². The molecule has 2 heterocycles. The van der Waals surface area contributed by atoms with Crippen LogP contribution in [-0.2, 0) is 13.1 Å². The first-order valence-electron chi connectivity index (χ1n) is 9.62. The average Bonchev–Trinajstić information content (AvgIpc) is 3.09. The van der Waals surface area contributed by atoms with Gasteiger partial charge in [-0.05, 0) is 23.9 Å². The van der Waals surface area contributed by atoms with Crippen LogP contribution in [0, 0.1) is 6.92 Å². The van der Waals surface area contributed by atoms with E-state index in [1.807, 2.05) is 11.3 Å². The minimum Gasteiger partial charge on any atom is -0.277 e. The molecule has 1 fully saturated rings. The van der Waals surface area contributed by atoms with Gasteiger partial charge in [0.05, 0.1) is 13.1 Å². The van der Waals surface area contributed by atoms with E-state index >= 15 is 0 Å². The van der Waals surface area contributed by atoms with E-state index in [0.717, 1.165) is 13.1 Å². The second-order valence-electron chi connectivity index (χ2n) is 7.40. The maximum absolute atomic E-state index is 2.29. The topological polar surface area (TPSA) is 8.88 Å². The first kappa shape index (κ1) is 17.5. The van der Waals surface area contributed by atoms with Crippen molar-refractivity contribution in [2.75, 3.05) is 13.1 Å². The Balaban J connectivity index is 1.63. The summed E-state index contributed by atoms with van der Waals surface area (Å²) in [6, 6.07) is 24.3. The van der Waals surface area contributed by atoms with Gasteiger partial charge in [0.2, 0.25) is 6.17 Å². The van der Waals surface area contributed by atoms with E-state index < -0.39 is 0 Å². The highest BCUT2D eigenvalue weighted by atomic mass is 32.1. The monoisotopic (exact) mass is 364 g/mol. The number of aryl methyl sites for hydroxylation is 1. The zero-order valence-electron chi connectivity index (χ0n) is 15.4. The highest BCUT2D eigenvalue weighted by molar-refractivity contribution is 7.10. The van der Waals surface area contributed by atoms with Gasteiger partial charge in [0.15, 0.2) is 0 Å². The van der Waals surface area contributed by atoms with Crippen molar-refractivity contribution in [1.82, 2.24) is 0 Å². The fraction of sp³-hybridized carbons (Fsp3) is 0.304. The Morgan fingerprint density at radius 2 is 1.35 bits per heavy atom. The summed E-state index contributed by atoms with van der Waals surface area (Å²) < 4.78 is 0. The van der Waals surface area contributed by atoms with Crippen molar-refractivity contribution in [2.24, 2.45) is 0 Å². The molecule has 2 atom stereocenters. The Bertz CT molecular complexity index is 763. The third-order valence-corrected chi connectivity index (χ3v) is 6.61. The molecule has 0 radical (unpaired) electrons. The lowest BCUT2D eigenvalue weighted by molar-refractivity contribution is -1.16. The molecule has 0 amide bonds. The smallest absolute Gasteiger partial charge is 0.250 e. The molecule has 1 aliphatic heterocycles. The molecule has 0 aliphatic carbocycles. The summed E-state index contributed by atoms with van der Waals surface area (Å²) in [6.45, 7) is 7.02. The predicted molar refractivity (Wildman–Crippen MR) is 108 cm³/mol. The SMILES string of the molecule is Cc1ccsc1C1[NH+](Cc2ccccc2)CCC[NH+]1Cc1ccccc1. The van der Waals surface area contributed by atoms with E-state index in [4.69, 9.17) is 0 Å². The van der Waals surface area contributed by atoms with Crippen LogP contribution in [0.25, 0.3) is 0 Å². The maximum atomic E-state index is 2.29. The van der Waals surface area contributed by atoms with Crippen LogP contribution < -0.4 is 9.80 Å². The zero-order chi connectivity index (χ0) is 17.8. The van der Waals surface area contributed by atoms with Gasteiger partial charge < -0.3 is 0 Å². The van der Waals surface area contributed by atoms with Gasteiger partial charge in [0.25, 0.3) is 0 Å². The van der Waals surface area contributed by atoms with E-state index in [0.29, 0.717) is 6.17 Å². The van der Waals surface area contributed by atoms with Gasteiger partial charge in [-0.25, -0.2) is 0 Å². The molecule has 3 heteroatoms. The summed E-state index contributed by atoms with van der Waals surface area (Å²) in [5.41, 5.74) is 4.35. The standard InChI is InChI=1S/C23H26N2S/c1-19-13-16-26-22(19)23-24(17-20-9-4-2-5-10-20)14-8-15-25(23)18-21-11-6-3-7-12-21/h2-7,9-13,16,23H,8,14-15,17-18H2,1H3/p+2. The molecule has 2 N–H and O–H groups in total. The van der Waals surface area contributed by atoms with Gasteiger partial charge in [-0.15, -0.1) is 11.3 Å². The van der Waals surface area contributed by atoms with E-state index in [2.05, 4.69) is 79.0 Å². The van der Waals surface area contributed by atoms with Crippen LogP contribution in [0.3, 0.4) is 0 Å². The predicted octanol–water partition coefficient (Wildman–Crippen LogP) is 2.63. The number of rotatable bonds is 5. The first-order chi connectivity index (χ1) is 12.8. The van der Waals surface area contributed by atoms with Gasteiger partial charge in [0, 0.05) is 17.5 Å². The summed E-state index contributed by atoms with van der Waals surface area (Å²) in [4.78, 5) is 4.99. The molecule has 3 aromatic rings. The van der Waals surface area contributed by atoms with Gasteiger partial charge in [0.1, 0.15) is 18.0 Å².